The van der Waals surface area contributed by atoms with E-state index in [9.17, 15) is 4.79 Å². The average molecular weight is 351 g/mol. The number of hydrogen-bond donors (Lipinski definition) is 0. The number of carbonyl (C=O) groups is 1. The van der Waals surface area contributed by atoms with Crippen molar-refractivity contribution in [3.05, 3.63) is 23.0 Å². The van der Waals surface area contributed by atoms with Gasteiger partial charge in [-0.2, -0.15) is 0 Å². The van der Waals surface area contributed by atoms with E-state index in [1.807, 2.05) is 33.8 Å². The van der Waals surface area contributed by atoms with Crippen molar-refractivity contribution in [1.82, 2.24) is 24.8 Å². The van der Waals surface area contributed by atoms with E-state index in [1.165, 1.54) is 11.8 Å². The molecular weight excluding hydrogens is 326 g/mol. The van der Waals surface area contributed by atoms with Crippen molar-refractivity contribution in [1.29, 1.82) is 0 Å². The van der Waals surface area contributed by atoms with E-state index >= 15 is 0 Å². The number of hydrogen-bond acceptors (Lipinski definition) is 6. The predicted molar refractivity (Wildman–Crippen MR) is 93.7 cm³/mol. The van der Waals surface area contributed by atoms with Crippen LogP contribution in [0.1, 0.15) is 54.6 Å². The third kappa shape index (κ3) is 3.87. The highest BCUT2D eigenvalue weighted by Crippen LogP contribution is 2.24. The molecule has 2 rings (SSSR count). The molecule has 2 heterocycles. The van der Waals surface area contributed by atoms with Crippen LogP contribution >= 0.6 is 11.8 Å². The van der Waals surface area contributed by atoms with E-state index in [2.05, 4.69) is 27.0 Å². The Kier molecular flexibility index (Phi) is 6.17. The molecule has 24 heavy (non-hydrogen) atoms. The van der Waals surface area contributed by atoms with Crippen LogP contribution in [0.25, 0.3) is 0 Å². The summed E-state index contributed by atoms with van der Waals surface area (Å²) in [4.78, 5) is 12.6. The van der Waals surface area contributed by atoms with Crippen LogP contribution in [-0.2, 0) is 4.74 Å². The molecule has 0 amide bonds. The maximum absolute atomic E-state index is 12.6. The summed E-state index contributed by atoms with van der Waals surface area (Å²) in [6.07, 6.45) is 0. The molecule has 0 aliphatic carbocycles. The van der Waals surface area contributed by atoms with Gasteiger partial charge >= 0.3 is 0 Å². The van der Waals surface area contributed by atoms with Gasteiger partial charge in [0.2, 0.25) is 5.16 Å². The van der Waals surface area contributed by atoms with Crippen molar-refractivity contribution in [2.24, 2.45) is 0 Å². The first-order valence-electron chi connectivity index (χ1n) is 7.98. The topological polar surface area (TPSA) is 74.8 Å². The van der Waals surface area contributed by atoms with Gasteiger partial charge in [0.25, 0.3) is 0 Å². The summed E-state index contributed by atoms with van der Waals surface area (Å²) in [5, 5.41) is 12.3. The molecule has 0 radical (unpaired) electrons. The lowest BCUT2D eigenvalue weighted by Gasteiger charge is -2.17. The Balaban J connectivity index is 2.13. The van der Waals surface area contributed by atoms with E-state index in [-0.39, 0.29) is 17.9 Å². The van der Waals surface area contributed by atoms with E-state index in [0.29, 0.717) is 17.5 Å². The largest absolute Gasteiger partial charge is 0.383 e. The van der Waals surface area contributed by atoms with Crippen LogP contribution in [0.5, 0.6) is 0 Å². The lowest BCUT2D eigenvalue weighted by molar-refractivity contribution is 0.102. The van der Waals surface area contributed by atoms with Gasteiger partial charge in [-0.05, 0) is 51.1 Å². The number of rotatable bonds is 8. The zero-order chi connectivity index (χ0) is 17.9. The van der Waals surface area contributed by atoms with E-state index in [0.717, 1.165) is 17.0 Å². The van der Waals surface area contributed by atoms with Crippen LogP contribution in [0.15, 0.2) is 11.2 Å². The van der Waals surface area contributed by atoms with Gasteiger partial charge in [-0.1, -0.05) is 11.8 Å². The first-order chi connectivity index (χ1) is 11.4. The summed E-state index contributed by atoms with van der Waals surface area (Å²) in [6, 6.07) is 2.31. The van der Waals surface area contributed by atoms with Crippen LogP contribution in [0, 0.1) is 13.8 Å². The van der Waals surface area contributed by atoms with Gasteiger partial charge in [0.15, 0.2) is 5.78 Å². The highest BCUT2D eigenvalue weighted by molar-refractivity contribution is 7.99. The molecule has 0 fully saturated rings. The fourth-order valence-corrected chi connectivity index (χ4v) is 3.76. The third-order valence-corrected chi connectivity index (χ3v) is 4.85. The molecule has 0 aliphatic rings. The highest BCUT2D eigenvalue weighted by Gasteiger charge is 2.20. The van der Waals surface area contributed by atoms with Crippen molar-refractivity contribution in [3.8, 4) is 0 Å². The first kappa shape index (κ1) is 18.7. The fraction of sp³-hybridized carbons (Fsp3) is 0.625. The number of carbonyl (C=O) groups excluding carboxylic acids is 1. The highest BCUT2D eigenvalue weighted by atomic mass is 32.2. The molecule has 8 heteroatoms. The Morgan fingerprint density at radius 3 is 2.67 bits per heavy atom. The van der Waals surface area contributed by atoms with Crippen LogP contribution in [-0.4, -0.2) is 50.0 Å². The summed E-state index contributed by atoms with van der Waals surface area (Å²) >= 11 is 1.37. The number of thioether (sulfide) groups is 1. The minimum Gasteiger partial charge on any atom is -0.383 e. The Bertz CT molecular complexity index is 707. The minimum absolute atomic E-state index is 0.0854. The summed E-state index contributed by atoms with van der Waals surface area (Å²) in [6.45, 7) is 10.7. The van der Waals surface area contributed by atoms with Gasteiger partial charge in [0.1, 0.15) is 0 Å². The molecule has 0 aliphatic heterocycles. The summed E-state index contributed by atoms with van der Waals surface area (Å²) < 4.78 is 9.11. The molecule has 1 unspecified atom stereocenters. The zero-order valence-corrected chi connectivity index (χ0v) is 15.9. The summed E-state index contributed by atoms with van der Waals surface area (Å²) in [5.74, 6) is 0.401. The van der Waals surface area contributed by atoms with E-state index in [4.69, 9.17) is 4.74 Å². The van der Waals surface area contributed by atoms with Crippen molar-refractivity contribution in [2.75, 3.05) is 19.5 Å². The van der Waals surface area contributed by atoms with Gasteiger partial charge < -0.3 is 9.30 Å². The van der Waals surface area contributed by atoms with Gasteiger partial charge in [-0.25, -0.2) is 4.68 Å². The standard InChI is InChI=1S/C16H25N5O2S/c1-10(2)21-16(17-18-19-21)24-9-15(22)14-7-11(3)20(13(14)5)12(4)8-23-6/h7,10,12H,8-9H2,1-6H3. The Labute approximate surface area is 146 Å². The molecule has 0 N–H and O–H groups in total. The predicted octanol–water partition coefficient (Wildman–Crippen LogP) is 2.85. The Morgan fingerprint density at radius 1 is 1.33 bits per heavy atom. The van der Waals surface area contributed by atoms with Gasteiger partial charge in [-0.15, -0.1) is 5.10 Å². The zero-order valence-electron chi connectivity index (χ0n) is 15.1. The number of ether oxygens (including phenoxy) is 1. The van der Waals surface area contributed by atoms with Crippen molar-refractivity contribution in [3.63, 3.8) is 0 Å². The van der Waals surface area contributed by atoms with Crippen LogP contribution in [0.2, 0.25) is 0 Å². The second kappa shape index (κ2) is 7.94. The first-order valence-corrected chi connectivity index (χ1v) is 8.96. The number of methoxy groups -OCH3 is 1. The molecular formula is C16H25N5O2S. The summed E-state index contributed by atoms with van der Waals surface area (Å²) in [5.41, 5.74) is 2.80. The van der Waals surface area contributed by atoms with Crippen molar-refractivity contribution < 1.29 is 9.53 Å². The van der Waals surface area contributed by atoms with Crippen molar-refractivity contribution >= 4 is 17.5 Å². The Hall–Kier alpha value is -1.67. The monoisotopic (exact) mass is 351 g/mol. The second-order valence-electron chi connectivity index (χ2n) is 6.17. The molecule has 0 saturated heterocycles. The second-order valence-corrected chi connectivity index (χ2v) is 7.11. The smallest absolute Gasteiger partial charge is 0.209 e. The van der Waals surface area contributed by atoms with E-state index < -0.39 is 0 Å². The maximum atomic E-state index is 12.6. The number of tetrazole rings is 1. The van der Waals surface area contributed by atoms with Crippen molar-refractivity contribution in [2.45, 2.75) is 51.9 Å². The molecule has 132 valence electrons. The normalized spacial score (nSPS) is 12.8. The fourth-order valence-electron chi connectivity index (χ4n) is 2.87. The molecule has 0 spiro atoms. The quantitative estimate of drug-likeness (QED) is 0.538. The SMILES string of the molecule is COCC(C)n1c(C)cc(C(=O)CSc2nnnn2C(C)C)c1C. The van der Waals surface area contributed by atoms with Gasteiger partial charge in [0, 0.05) is 24.1 Å². The van der Waals surface area contributed by atoms with Crippen LogP contribution < -0.4 is 0 Å². The number of Topliss-reactive ketones (excluding diaryl/α,β-unsaturated/α-hetero) is 1. The number of aryl methyl sites for hydroxylation is 1. The number of nitrogens with zero attached hydrogens (tertiary/aromatic N) is 5. The lowest BCUT2D eigenvalue weighted by Crippen LogP contribution is -2.15. The third-order valence-electron chi connectivity index (χ3n) is 3.92. The molecule has 0 aromatic carbocycles. The molecule has 1 atom stereocenters. The average Bonchev–Trinajstić information content (AvgIpc) is 3.09. The molecule has 7 nitrogen and oxygen atoms in total. The van der Waals surface area contributed by atoms with Gasteiger partial charge in [0.05, 0.1) is 24.4 Å². The molecule has 2 aromatic heterocycles. The lowest BCUT2D eigenvalue weighted by atomic mass is 10.2. The number of ketones is 1. The Morgan fingerprint density at radius 2 is 2.04 bits per heavy atom. The summed E-state index contributed by atoms with van der Waals surface area (Å²) in [7, 11) is 1.69. The van der Waals surface area contributed by atoms with E-state index in [1.54, 1.807) is 11.8 Å². The minimum atomic E-state index is 0.0854. The molecule has 2 aromatic rings. The number of aromatic nitrogens is 5. The van der Waals surface area contributed by atoms with Gasteiger partial charge in [-0.3, -0.25) is 4.79 Å². The van der Waals surface area contributed by atoms with Crippen LogP contribution in [0.3, 0.4) is 0 Å². The molecule has 0 bridgehead atoms. The van der Waals surface area contributed by atoms with Crippen LogP contribution in [0.4, 0.5) is 0 Å². The molecule has 0 saturated carbocycles. The maximum Gasteiger partial charge on any atom is 0.209 e.